The third kappa shape index (κ3) is 4.80. The van der Waals surface area contributed by atoms with Gasteiger partial charge in [0.15, 0.2) is 9.84 Å². The van der Waals surface area contributed by atoms with Gasteiger partial charge in [-0.3, -0.25) is 0 Å². The van der Waals surface area contributed by atoms with Crippen molar-refractivity contribution in [1.29, 1.82) is 0 Å². The topological polar surface area (TPSA) is 55.4 Å². The number of hydrogen-bond donors (Lipinski definition) is 1. The van der Waals surface area contributed by atoms with Crippen LogP contribution in [-0.2, 0) is 9.84 Å². The first-order chi connectivity index (χ1) is 9.55. The van der Waals surface area contributed by atoms with Crippen LogP contribution in [0.15, 0.2) is 29.2 Å². The third-order valence-electron chi connectivity index (χ3n) is 3.71. The van der Waals surface area contributed by atoms with Crippen LogP contribution in [0.25, 0.3) is 0 Å². The summed E-state index contributed by atoms with van der Waals surface area (Å²) in [6, 6.07) is 6.56. The summed E-state index contributed by atoms with van der Waals surface area (Å²) in [5, 5.41) is 3.41. The number of nitrogens with one attached hydrogen (secondary N) is 1. The van der Waals surface area contributed by atoms with Crippen molar-refractivity contribution in [2.24, 2.45) is 5.92 Å². The van der Waals surface area contributed by atoms with Gasteiger partial charge in [-0.05, 0) is 49.6 Å². The van der Waals surface area contributed by atoms with Crippen LogP contribution in [0.4, 0.5) is 0 Å². The molecule has 1 saturated carbocycles. The molecule has 0 heterocycles. The second-order valence-electron chi connectivity index (χ2n) is 5.45. The Balaban J connectivity index is 1.66. The summed E-state index contributed by atoms with van der Waals surface area (Å²) in [4.78, 5) is 0.323. The minimum atomic E-state index is -3.13. The van der Waals surface area contributed by atoms with E-state index in [4.69, 9.17) is 4.74 Å². The number of benzene rings is 1. The summed E-state index contributed by atoms with van der Waals surface area (Å²) >= 11 is 0. The van der Waals surface area contributed by atoms with E-state index in [2.05, 4.69) is 5.32 Å². The van der Waals surface area contributed by atoms with Crippen molar-refractivity contribution in [1.82, 2.24) is 5.32 Å². The lowest BCUT2D eigenvalue weighted by Crippen LogP contribution is -2.26. The van der Waals surface area contributed by atoms with E-state index in [1.165, 1.54) is 31.9 Å². The Hall–Kier alpha value is -1.07. The molecule has 1 fully saturated rings. The molecule has 0 spiro atoms. The summed E-state index contributed by atoms with van der Waals surface area (Å²) in [5.74, 6) is 1.55. The first-order valence-corrected chi connectivity index (χ1v) is 9.08. The second kappa shape index (κ2) is 7.09. The van der Waals surface area contributed by atoms with Crippen molar-refractivity contribution in [2.75, 3.05) is 26.0 Å². The van der Waals surface area contributed by atoms with Crippen LogP contribution >= 0.6 is 0 Å². The lowest BCUT2D eigenvalue weighted by Gasteiger charge is -2.11. The zero-order valence-electron chi connectivity index (χ0n) is 12.0. The van der Waals surface area contributed by atoms with Crippen molar-refractivity contribution < 1.29 is 13.2 Å². The predicted octanol–water partition coefficient (Wildman–Crippen LogP) is 2.25. The minimum absolute atomic E-state index is 0.323. The highest BCUT2D eigenvalue weighted by Crippen LogP contribution is 2.23. The Bertz CT molecular complexity index is 504. The summed E-state index contributed by atoms with van der Waals surface area (Å²) < 4.78 is 28.2. The molecular formula is C15H23NO3S. The van der Waals surface area contributed by atoms with E-state index in [0.717, 1.165) is 19.0 Å². The van der Waals surface area contributed by atoms with Gasteiger partial charge in [0.05, 0.1) is 4.90 Å². The van der Waals surface area contributed by atoms with Crippen LogP contribution in [0.1, 0.15) is 25.7 Å². The standard InChI is InChI=1S/C15H23NO3S/c1-20(17,18)15-8-6-14(7-9-15)19-11-10-16-12-13-4-2-3-5-13/h6-9,13,16H,2-5,10-12H2,1H3. The molecule has 0 radical (unpaired) electrons. The fourth-order valence-corrected chi connectivity index (χ4v) is 3.18. The van der Waals surface area contributed by atoms with Crippen LogP contribution in [0.2, 0.25) is 0 Å². The molecule has 0 atom stereocenters. The van der Waals surface area contributed by atoms with Crippen LogP contribution in [-0.4, -0.2) is 34.4 Å². The van der Waals surface area contributed by atoms with Crippen molar-refractivity contribution >= 4 is 9.84 Å². The largest absolute Gasteiger partial charge is 0.492 e. The number of rotatable bonds is 7. The maximum Gasteiger partial charge on any atom is 0.175 e. The van der Waals surface area contributed by atoms with E-state index in [9.17, 15) is 8.42 Å². The fourth-order valence-electron chi connectivity index (χ4n) is 2.54. The first-order valence-electron chi connectivity index (χ1n) is 7.19. The van der Waals surface area contributed by atoms with Gasteiger partial charge in [-0.25, -0.2) is 8.42 Å². The summed E-state index contributed by atoms with van der Waals surface area (Å²) in [6.07, 6.45) is 6.64. The Kier molecular flexibility index (Phi) is 5.43. The molecule has 0 aromatic heterocycles. The molecule has 0 aliphatic heterocycles. The van der Waals surface area contributed by atoms with Crippen molar-refractivity contribution in [3.63, 3.8) is 0 Å². The van der Waals surface area contributed by atoms with Crippen LogP contribution in [0, 0.1) is 5.92 Å². The third-order valence-corrected chi connectivity index (χ3v) is 4.84. The van der Waals surface area contributed by atoms with Gasteiger partial charge >= 0.3 is 0 Å². The molecule has 4 nitrogen and oxygen atoms in total. The molecular weight excluding hydrogens is 274 g/mol. The highest BCUT2D eigenvalue weighted by atomic mass is 32.2. The minimum Gasteiger partial charge on any atom is -0.492 e. The maximum absolute atomic E-state index is 11.3. The van der Waals surface area contributed by atoms with Crippen molar-refractivity contribution in [2.45, 2.75) is 30.6 Å². The van der Waals surface area contributed by atoms with E-state index in [-0.39, 0.29) is 0 Å². The summed E-state index contributed by atoms with van der Waals surface area (Å²) in [7, 11) is -3.13. The average molecular weight is 297 g/mol. The zero-order valence-corrected chi connectivity index (χ0v) is 12.8. The van der Waals surface area contributed by atoms with E-state index in [1.54, 1.807) is 24.3 Å². The SMILES string of the molecule is CS(=O)(=O)c1ccc(OCCNCC2CCCC2)cc1. The Morgan fingerprint density at radius 3 is 2.45 bits per heavy atom. The normalized spacial score (nSPS) is 16.4. The van der Waals surface area contributed by atoms with E-state index >= 15 is 0 Å². The smallest absolute Gasteiger partial charge is 0.175 e. The predicted molar refractivity (Wildman–Crippen MR) is 79.9 cm³/mol. The Morgan fingerprint density at radius 1 is 1.20 bits per heavy atom. The molecule has 1 N–H and O–H groups in total. The highest BCUT2D eigenvalue weighted by molar-refractivity contribution is 7.90. The van der Waals surface area contributed by atoms with Gasteiger partial charge in [0.2, 0.25) is 0 Å². The Labute approximate surface area is 121 Å². The number of ether oxygens (including phenoxy) is 1. The van der Waals surface area contributed by atoms with Gasteiger partial charge in [-0.1, -0.05) is 12.8 Å². The number of hydrogen-bond acceptors (Lipinski definition) is 4. The van der Waals surface area contributed by atoms with Gasteiger partial charge in [-0.2, -0.15) is 0 Å². The van der Waals surface area contributed by atoms with E-state index in [1.807, 2.05) is 0 Å². The quantitative estimate of drug-likeness (QED) is 0.784. The second-order valence-corrected chi connectivity index (χ2v) is 7.46. The first kappa shape index (κ1) is 15.3. The van der Waals surface area contributed by atoms with Crippen molar-refractivity contribution in [3.8, 4) is 5.75 Å². The highest BCUT2D eigenvalue weighted by Gasteiger charge is 2.13. The molecule has 1 aliphatic rings. The van der Waals surface area contributed by atoms with Gasteiger partial charge in [0.1, 0.15) is 12.4 Å². The van der Waals surface area contributed by atoms with Crippen LogP contribution < -0.4 is 10.1 Å². The molecule has 0 bridgehead atoms. The zero-order chi connectivity index (χ0) is 14.4. The molecule has 5 heteroatoms. The molecule has 0 unspecified atom stereocenters. The average Bonchev–Trinajstić information content (AvgIpc) is 2.91. The van der Waals surface area contributed by atoms with Crippen LogP contribution in [0.5, 0.6) is 5.75 Å². The van der Waals surface area contributed by atoms with Gasteiger partial charge in [-0.15, -0.1) is 0 Å². The lowest BCUT2D eigenvalue weighted by atomic mass is 10.1. The molecule has 2 rings (SSSR count). The molecule has 1 aliphatic carbocycles. The molecule has 1 aromatic carbocycles. The van der Waals surface area contributed by atoms with Gasteiger partial charge < -0.3 is 10.1 Å². The summed E-state index contributed by atoms with van der Waals surface area (Å²) in [5.41, 5.74) is 0. The number of sulfone groups is 1. The van der Waals surface area contributed by atoms with Crippen LogP contribution in [0.3, 0.4) is 0 Å². The molecule has 20 heavy (non-hydrogen) atoms. The molecule has 0 amide bonds. The van der Waals surface area contributed by atoms with E-state index < -0.39 is 9.84 Å². The van der Waals surface area contributed by atoms with Crippen molar-refractivity contribution in [3.05, 3.63) is 24.3 Å². The Morgan fingerprint density at radius 2 is 1.85 bits per heavy atom. The van der Waals surface area contributed by atoms with Gasteiger partial charge in [0, 0.05) is 12.8 Å². The maximum atomic E-state index is 11.3. The van der Waals surface area contributed by atoms with E-state index in [0.29, 0.717) is 17.3 Å². The lowest BCUT2D eigenvalue weighted by molar-refractivity contribution is 0.308. The summed E-state index contributed by atoms with van der Waals surface area (Å²) in [6.45, 7) is 2.51. The molecule has 112 valence electrons. The molecule has 1 aromatic rings. The molecule has 0 saturated heterocycles. The fraction of sp³-hybridized carbons (Fsp3) is 0.600. The monoisotopic (exact) mass is 297 g/mol. The van der Waals surface area contributed by atoms with Gasteiger partial charge in [0.25, 0.3) is 0 Å².